The molecule has 0 aliphatic carbocycles. The van der Waals surface area contributed by atoms with Crippen LogP contribution in [0.5, 0.6) is 0 Å². The molecule has 2 atom stereocenters. The molecule has 0 spiro atoms. The number of aryl methyl sites for hydroxylation is 1. The van der Waals surface area contributed by atoms with Crippen molar-refractivity contribution in [1.82, 2.24) is 25.0 Å². The first-order chi connectivity index (χ1) is 12.1. The van der Waals surface area contributed by atoms with Crippen LogP contribution in [0.25, 0.3) is 0 Å². The average Bonchev–Trinajstić information content (AvgIpc) is 3.31. The highest BCUT2D eigenvalue weighted by atomic mass is 32.1. The summed E-state index contributed by atoms with van der Waals surface area (Å²) in [4.78, 5) is 21.2. The van der Waals surface area contributed by atoms with Crippen molar-refractivity contribution in [2.24, 2.45) is 13.0 Å². The van der Waals surface area contributed by atoms with Crippen molar-refractivity contribution in [2.75, 3.05) is 31.5 Å². The number of anilines is 1. The van der Waals surface area contributed by atoms with Crippen LogP contribution in [0.15, 0.2) is 12.4 Å². The highest BCUT2D eigenvalue weighted by Gasteiger charge is 2.35. The molecular formula is C17H24N6OS. The summed E-state index contributed by atoms with van der Waals surface area (Å²) >= 11 is 1.62. The van der Waals surface area contributed by atoms with E-state index in [1.54, 1.807) is 16.0 Å². The predicted molar refractivity (Wildman–Crippen MR) is 97.7 cm³/mol. The number of nitrogens with one attached hydrogen (secondary N) is 2. The highest BCUT2D eigenvalue weighted by Crippen LogP contribution is 2.31. The number of rotatable bonds is 4. The number of carbonyl (C=O) groups excluding carboxylic acids is 1. The van der Waals surface area contributed by atoms with E-state index < -0.39 is 0 Å². The lowest BCUT2D eigenvalue weighted by Crippen LogP contribution is -2.29. The summed E-state index contributed by atoms with van der Waals surface area (Å²) in [6, 6.07) is 0. The molecule has 2 aliphatic rings. The molecule has 1 fully saturated rings. The van der Waals surface area contributed by atoms with Gasteiger partial charge in [0.2, 0.25) is 5.91 Å². The van der Waals surface area contributed by atoms with Gasteiger partial charge in [-0.15, -0.1) is 11.3 Å². The van der Waals surface area contributed by atoms with Gasteiger partial charge in [-0.25, -0.2) is 4.98 Å². The molecular weight excluding hydrogens is 336 g/mol. The Kier molecular flexibility index (Phi) is 4.58. The Morgan fingerprint density at radius 3 is 3.12 bits per heavy atom. The molecule has 0 radical (unpaired) electrons. The maximum absolute atomic E-state index is 12.8. The fraction of sp³-hybridized carbons (Fsp3) is 0.588. The van der Waals surface area contributed by atoms with Crippen LogP contribution in [-0.4, -0.2) is 51.8 Å². The molecule has 0 aromatic carbocycles. The van der Waals surface area contributed by atoms with Crippen LogP contribution in [0.1, 0.15) is 29.0 Å². The number of likely N-dealkylation sites (N-methyl/N-ethyl adjacent to an activating group) is 1. The number of hydrogen-bond acceptors (Lipinski definition) is 6. The average molecular weight is 360 g/mol. The Morgan fingerprint density at radius 2 is 2.36 bits per heavy atom. The van der Waals surface area contributed by atoms with Crippen molar-refractivity contribution in [3.05, 3.63) is 28.5 Å². The van der Waals surface area contributed by atoms with Crippen molar-refractivity contribution in [2.45, 2.75) is 25.8 Å². The van der Waals surface area contributed by atoms with Gasteiger partial charge < -0.3 is 10.6 Å². The number of thiazole rings is 1. The highest BCUT2D eigenvalue weighted by molar-refractivity contribution is 7.15. The molecule has 4 rings (SSSR count). The first-order valence-corrected chi connectivity index (χ1v) is 9.66. The fourth-order valence-electron chi connectivity index (χ4n) is 3.71. The van der Waals surface area contributed by atoms with Crippen LogP contribution in [0.2, 0.25) is 0 Å². The number of hydrogen-bond donors (Lipinski definition) is 2. The lowest BCUT2D eigenvalue weighted by Gasteiger charge is -2.23. The Morgan fingerprint density at radius 1 is 1.48 bits per heavy atom. The van der Waals surface area contributed by atoms with Gasteiger partial charge in [0, 0.05) is 56.6 Å². The van der Waals surface area contributed by atoms with Gasteiger partial charge in [-0.05, 0) is 12.1 Å². The molecule has 2 N–H and O–H groups in total. The van der Waals surface area contributed by atoms with Gasteiger partial charge in [0.25, 0.3) is 0 Å². The normalized spacial score (nSPS) is 23.6. The number of nitrogens with zero attached hydrogens (tertiary/aromatic N) is 4. The van der Waals surface area contributed by atoms with E-state index in [-0.39, 0.29) is 17.7 Å². The van der Waals surface area contributed by atoms with Crippen LogP contribution < -0.4 is 10.6 Å². The van der Waals surface area contributed by atoms with Crippen molar-refractivity contribution in [3.63, 3.8) is 0 Å². The summed E-state index contributed by atoms with van der Waals surface area (Å²) < 4.78 is 1.79. The molecule has 7 nitrogen and oxygen atoms in total. The standard InChI is InChI=1S/C17H24N6OS/c1-3-23-5-4-14-15(10-23)25-17(20-14)21-16(24)13-8-18-7-12(13)11-6-19-22(2)9-11/h6,9,12-13,18H,3-5,7-8,10H2,1-2H3,(H,20,21,24)/t12-,13+/m1/s1. The molecule has 0 bridgehead atoms. The largest absolute Gasteiger partial charge is 0.315 e. The van der Waals surface area contributed by atoms with Crippen LogP contribution in [0, 0.1) is 5.92 Å². The minimum Gasteiger partial charge on any atom is -0.315 e. The van der Waals surface area contributed by atoms with Gasteiger partial charge in [0.05, 0.1) is 17.8 Å². The number of aromatic nitrogens is 3. The van der Waals surface area contributed by atoms with Gasteiger partial charge in [0.15, 0.2) is 5.13 Å². The molecule has 25 heavy (non-hydrogen) atoms. The Bertz CT molecular complexity index is 769. The third-order valence-corrected chi connectivity index (χ3v) is 6.19. The lowest BCUT2D eigenvalue weighted by atomic mass is 9.90. The van der Waals surface area contributed by atoms with Crippen molar-refractivity contribution < 1.29 is 4.79 Å². The van der Waals surface area contributed by atoms with Crippen molar-refractivity contribution in [1.29, 1.82) is 0 Å². The Labute approximate surface area is 151 Å². The quantitative estimate of drug-likeness (QED) is 0.857. The summed E-state index contributed by atoms with van der Waals surface area (Å²) in [5.74, 6) is 0.133. The van der Waals surface area contributed by atoms with Crippen LogP contribution in [-0.2, 0) is 24.8 Å². The molecule has 2 aromatic rings. The van der Waals surface area contributed by atoms with E-state index in [1.165, 1.54) is 4.88 Å². The summed E-state index contributed by atoms with van der Waals surface area (Å²) in [5, 5.41) is 11.4. The smallest absolute Gasteiger partial charge is 0.231 e. The topological polar surface area (TPSA) is 75.1 Å². The maximum atomic E-state index is 12.8. The monoisotopic (exact) mass is 360 g/mol. The van der Waals surface area contributed by atoms with Crippen LogP contribution in [0.4, 0.5) is 5.13 Å². The first-order valence-electron chi connectivity index (χ1n) is 8.85. The van der Waals surface area contributed by atoms with E-state index in [0.29, 0.717) is 6.54 Å². The third-order valence-electron chi connectivity index (χ3n) is 5.19. The SMILES string of the molecule is CCN1CCc2nc(NC(=O)[C@H]3CNC[C@@H]3c3cnn(C)c3)sc2C1. The zero-order chi connectivity index (χ0) is 17.4. The number of carbonyl (C=O) groups is 1. The summed E-state index contributed by atoms with van der Waals surface area (Å²) in [7, 11) is 1.90. The second-order valence-electron chi connectivity index (χ2n) is 6.82. The molecule has 0 unspecified atom stereocenters. The Balaban J connectivity index is 1.46. The summed E-state index contributed by atoms with van der Waals surface area (Å²) in [6.07, 6.45) is 4.83. The number of fused-ring (bicyclic) bond motifs is 1. The van der Waals surface area contributed by atoms with Crippen molar-refractivity contribution >= 4 is 22.4 Å². The third kappa shape index (κ3) is 3.33. The molecule has 0 saturated carbocycles. The van der Waals surface area contributed by atoms with Gasteiger partial charge in [-0.2, -0.15) is 5.10 Å². The molecule has 2 aromatic heterocycles. The maximum Gasteiger partial charge on any atom is 0.231 e. The summed E-state index contributed by atoms with van der Waals surface area (Å²) in [5.41, 5.74) is 2.27. The van der Waals surface area contributed by atoms with E-state index in [0.717, 1.165) is 49.0 Å². The molecule has 8 heteroatoms. The lowest BCUT2D eigenvalue weighted by molar-refractivity contribution is -0.119. The van der Waals surface area contributed by atoms with E-state index in [9.17, 15) is 4.79 Å². The predicted octanol–water partition coefficient (Wildman–Crippen LogP) is 1.20. The first kappa shape index (κ1) is 16.7. The zero-order valence-corrected chi connectivity index (χ0v) is 15.5. The molecule has 134 valence electrons. The second kappa shape index (κ2) is 6.86. The van der Waals surface area contributed by atoms with E-state index >= 15 is 0 Å². The van der Waals surface area contributed by atoms with Crippen LogP contribution >= 0.6 is 11.3 Å². The van der Waals surface area contributed by atoms with E-state index in [2.05, 4.69) is 32.5 Å². The number of amides is 1. The van der Waals surface area contributed by atoms with E-state index in [1.807, 2.05) is 19.4 Å². The Hall–Kier alpha value is -1.77. The minimum atomic E-state index is -0.0859. The van der Waals surface area contributed by atoms with Gasteiger partial charge in [0.1, 0.15) is 0 Å². The minimum absolute atomic E-state index is 0.0531. The molecule has 2 aliphatic heterocycles. The van der Waals surface area contributed by atoms with Crippen molar-refractivity contribution in [3.8, 4) is 0 Å². The fourth-order valence-corrected chi connectivity index (χ4v) is 4.76. The summed E-state index contributed by atoms with van der Waals surface area (Å²) in [6.45, 7) is 6.74. The second-order valence-corrected chi connectivity index (χ2v) is 7.90. The van der Waals surface area contributed by atoms with Gasteiger partial charge in [-0.1, -0.05) is 6.92 Å². The van der Waals surface area contributed by atoms with Gasteiger partial charge >= 0.3 is 0 Å². The molecule has 1 amide bonds. The zero-order valence-electron chi connectivity index (χ0n) is 14.7. The van der Waals surface area contributed by atoms with E-state index in [4.69, 9.17) is 0 Å². The molecule has 4 heterocycles. The van der Waals surface area contributed by atoms with Crippen LogP contribution in [0.3, 0.4) is 0 Å². The van der Waals surface area contributed by atoms with Gasteiger partial charge in [-0.3, -0.25) is 14.4 Å². The molecule has 1 saturated heterocycles.